The second-order valence-electron chi connectivity index (χ2n) is 5.16. The van der Waals surface area contributed by atoms with Crippen molar-refractivity contribution in [3.8, 4) is 0 Å². The molecule has 0 bridgehead atoms. The highest BCUT2D eigenvalue weighted by Gasteiger charge is 1.99. The molecular weight excluding hydrogens is 316 g/mol. The number of carboxylic acids is 2. The number of carbonyl (C=O) groups is 2. The summed E-state index contributed by atoms with van der Waals surface area (Å²) in [5.41, 5.74) is 0. The number of hydrogen-bond acceptors (Lipinski definition) is 6. The van der Waals surface area contributed by atoms with E-state index in [2.05, 4.69) is 9.47 Å². The summed E-state index contributed by atoms with van der Waals surface area (Å²) in [5, 5.41) is 30.8. The highest BCUT2D eigenvalue weighted by Crippen LogP contribution is 2.05. The molecule has 0 aromatic carbocycles. The Morgan fingerprint density at radius 2 is 0.958 bits per heavy atom. The van der Waals surface area contributed by atoms with E-state index in [-0.39, 0.29) is 12.8 Å². The normalized spacial score (nSPS) is 9.42. The van der Waals surface area contributed by atoms with E-state index in [4.69, 9.17) is 21.0 Å². The van der Waals surface area contributed by atoms with Crippen molar-refractivity contribution in [1.29, 1.82) is 10.8 Å². The second kappa shape index (κ2) is 17.2. The van der Waals surface area contributed by atoms with Gasteiger partial charge in [0, 0.05) is 25.7 Å². The Bertz CT molecular complexity index is 349. The van der Waals surface area contributed by atoms with Crippen molar-refractivity contribution in [3.05, 3.63) is 0 Å². The van der Waals surface area contributed by atoms with Crippen LogP contribution in [-0.2, 0) is 19.1 Å². The molecule has 0 unspecified atom stereocenters. The predicted octanol–water partition coefficient (Wildman–Crippen LogP) is 3.29. The number of methoxy groups -OCH3 is 2. The van der Waals surface area contributed by atoms with Crippen molar-refractivity contribution < 1.29 is 29.3 Å². The molecule has 0 rings (SSSR count). The number of hydrogen-bond donors (Lipinski definition) is 4. The lowest BCUT2D eigenvalue weighted by molar-refractivity contribution is -0.138. The van der Waals surface area contributed by atoms with Crippen LogP contribution in [0.5, 0.6) is 0 Å². The minimum Gasteiger partial charge on any atom is -0.484 e. The first-order valence-corrected chi connectivity index (χ1v) is 7.99. The number of nitrogens with one attached hydrogen (secondary N) is 2. The van der Waals surface area contributed by atoms with Crippen LogP contribution in [-0.4, -0.2) is 48.2 Å². The first kappa shape index (κ1) is 24.1. The van der Waals surface area contributed by atoms with E-state index < -0.39 is 11.9 Å². The molecule has 0 saturated heterocycles. The van der Waals surface area contributed by atoms with Crippen LogP contribution < -0.4 is 0 Å². The molecule has 0 radical (unpaired) electrons. The first-order valence-electron chi connectivity index (χ1n) is 7.99. The van der Waals surface area contributed by atoms with Gasteiger partial charge in [-0.2, -0.15) is 0 Å². The Labute approximate surface area is 143 Å². The van der Waals surface area contributed by atoms with Crippen molar-refractivity contribution in [2.75, 3.05) is 14.2 Å². The van der Waals surface area contributed by atoms with E-state index in [9.17, 15) is 9.59 Å². The van der Waals surface area contributed by atoms with E-state index in [1.807, 2.05) is 0 Å². The van der Waals surface area contributed by atoms with Gasteiger partial charge in [0.05, 0.1) is 14.2 Å². The maximum Gasteiger partial charge on any atom is 0.303 e. The number of carboxylic acid groups (broad SMARTS) is 2. The molecule has 24 heavy (non-hydrogen) atoms. The zero-order chi connectivity index (χ0) is 18.8. The fraction of sp³-hybridized carbons (Fsp3) is 0.750. The third-order valence-corrected chi connectivity index (χ3v) is 3.08. The second-order valence-corrected chi connectivity index (χ2v) is 5.16. The van der Waals surface area contributed by atoms with Crippen LogP contribution in [0.2, 0.25) is 0 Å². The highest BCUT2D eigenvalue weighted by atomic mass is 16.5. The van der Waals surface area contributed by atoms with Gasteiger partial charge in [-0.05, 0) is 25.7 Å². The van der Waals surface area contributed by atoms with E-state index in [0.29, 0.717) is 37.5 Å². The zero-order valence-electron chi connectivity index (χ0n) is 14.6. The summed E-state index contributed by atoms with van der Waals surface area (Å²) in [6.07, 6.45) is 6.32. The Balaban J connectivity index is 0. The Hall–Kier alpha value is -2.12. The third kappa shape index (κ3) is 22.2. The van der Waals surface area contributed by atoms with Gasteiger partial charge >= 0.3 is 11.9 Å². The maximum atomic E-state index is 10.0. The molecule has 4 N–H and O–H groups in total. The zero-order valence-corrected chi connectivity index (χ0v) is 14.6. The number of aliphatic carboxylic acids is 2. The summed E-state index contributed by atoms with van der Waals surface area (Å²) < 4.78 is 9.36. The van der Waals surface area contributed by atoms with Crippen LogP contribution in [0.15, 0.2) is 0 Å². The Kier molecular flexibility index (Phi) is 17.3. The van der Waals surface area contributed by atoms with Crippen LogP contribution in [0.25, 0.3) is 0 Å². The van der Waals surface area contributed by atoms with E-state index in [1.54, 1.807) is 0 Å². The van der Waals surface area contributed by atoms with Gasteiger partial charge < -0.3 is 19.7 Å². The molecule has 8 heteroatoms. The van der Waals surface area contributed by atoms with Crippen molar-refractivity contribution in [3.63, 3.8) is 0 Å². The van der Waals surface area contributed by atoms with E-state index in [0.717, 1.165) is 25.7 Å². The van der Waals surface area contributed by atoms with Crippen LogP contribution >= 0.6 is 0 Å². The minimum absolute atomic E-state index is 0.188. The lowest BCUT2D eigenvalue weighted by Gasteiger charge is -2.02. The first-order chi connectivity index (χ1) is 11.3. The van der Waals surface area contributed by atoms with Gasteiger partial charge in [0.25, 0.3) is 0 Å². The average Bonchev–Trinajstić information content (AvgIpc) is 2.54. The smallest absolute Gasteiger partial charge is 0.303 e. The summed E-state index contributed by atoms with van der Waals surface area (Å²) in [6, 6.07) is 0. The molecule has 0 spiro atoms. The molecule has 0 fully saturated rings. The van der Waals surface area contributed by atoms with Gasteiger partial charge in [0.2, 0.25) is 0 Å². The molecule has 140 valence electrons. The molecular formula is C16H30N2O6. The molecule has 0 aromatic rings. The van der Waals surface area contributed by atoms with E-state index in [1.165, 1.54) is 14.2 Å². The van der Waals surface area contributed by atoms with Crippen molar-refractivity contribution in [2.24, 2.45) is 0 Å². The van der Waals surface area contributed by atoms with Crippen LogP contribution in [0.3, 0.4) is 0 Å². The third-order valence-electron chi connectivity index (χ3n) is 3.08. The SMILES string of the molecule is COC(=N)CCCCC(=N)OC.O=C(O)CCCCCCC(=O)O. The van der Waals surface area contributed by atoms with Gasteiger partial charge in [-0.3, -0.25) is 20.4 Å². The van der Waals surface area contributed by atoms with Crippen LogP contribution in [0.4, 0.5) is 0 Å². The predicted molar refractivity (Wildman–Crippen MR) is 90.9 cm³/mol. The fourth-order valence-electron chi connectivity index (χ4n) is 1.68. The number of rotatable bonds is 12. The molecule has 8 nitrogen and oxygen atoms in total. The van der Waals surface area contributed by atoms with Gasteiger partial charge in [-0.1, -0.05) is 12.8 Å². The Morgan fingerprint density at radius 3 is 1.21 bits per heavy atom. The summed E-state index contributed by atoms with van der Waals surface area (Å²) in [4.78, 5) is 20.1. The van der Waals surface area contributed by atoms with Gasteiger partial charge in [-0.25, -0.2) is 0 Å². The minimum atomic E-state index is -0.784. The fourth-order valence-corrected chi connectivity index (χ4v) is 1.68. The molecule has 0 atom stereocenters. The molecule has 0 amide bonds. The highest BCUT2D eigenvalue weighted by molar-refractivity contribution is 5.73. The topological polar surface area (TPSA) is 141 Å². The average molecular weight is 346 g/mol. The van der Waals surface area contributed by atoms with Gasteiger partial charge in [-0.15, -0.1) is 0 Å². The monoisotopic (exact) mass is 346 g/mol. The quantitative estimate of drug-likeness (QED) is 0.243. The van der Waals surface area contributed by atoms with Crippen LogP contribution in [0, 0.1) is 10.8 Å². The summed E-state index contributed by atoms with van der Waals surface area (Å²) in [5.74, 6) is -0.959. The molecule has 0 saturated carbocycles. The number of unbranched alkanes of at least 4 members (excludes halogenated alkanes) is 4. The summed E-state index contributed by atoms with van der Waals surface area (Å²) >= 11 is 0. The standard InChI is InChI=1S/C8H16N2O2.C8H14O4/c1-11-7(9)5-3-4-6-8(10)12-2;9-7(10)5-3-1-2-4-6-8(11)12/h9-10H,3-6H2,1-2H3;1-6H2,(H,9,10)(H,11,12). The molecule has 0 aromatic heterocycles. The van der Waals surface area contributed by atoms with Gasteiger partial charge in [0.1, 0.15) is 0 Å². The van der Waals surface area contributed by atoms with Crippen molar-refractivity contribution in [2.45, 2.75) is 64.2 Å². The lowest BCUT2D eigenvalue weighted by atomic mass is 10.1. The van der Waals surface area contributed by atoms with Crippen molar-refractivity contribution in [1.82, 2.24) is 0 Å². The van der Waals surface area contributed by atoms with Crippen LogP contribution in [0.1, 0.15) is 64.2 Å². The largest absolute Gasteiger partial charge is 0.484 e. The van der Waals surface area contributed by atoms with Crippen molar-refractivity contribution >= 4 is 23.7 Å². The van der Waals surface area contributed by atoms with Gasteiger partial charge in [0.15, 0.2) is 11.8 Å². The molecule has 0 aliphatic rings. The molecule has 0 aliphatic carbocycles. The maximum absolute atomic E-state index is 10.0. The summed E-state index contributed by atoms with van der Waals surface area (Å²) in [6.45, 7) is 0. The summed E-state index contributed by atoms with van der Waals surface area (Å²) in [7, 11) is 3.00. The van der Waals surface area contributed by atoms with E-state index >= 15 is 0 Å². The lowest BCUT2D eigenvalue weighted by Crippen LogP contribution is -2.01. The molecule has 0 heterocycles. The number of ether oxygens (including phenoxy) is 2. The Morgan fingerprint density at radius 1 is 0.667 bits per heavy atom. The molecule has 0 aliphatic heterocycles.